The van der Waals surface area contributed by atoms with Crippen LogP contribution in [0.3, 0.4) is 0 Å². The molecule has 4 unspecified atom stereocenters. The largest absolute Gasteiger partial charge is 0.356 e. The zero-order valence-corrected chi connectivity index (χ0v) is 27.1. The highest BCUT2D eigenvalue weighted by Crippen LogP contribution is 2.44. The molecule has 2 amide bonds. The molecule has 0 radical (unpaired) electrons. The molecule has 2 heterocycles. The zero-order valence-electron chi connectivity index (χ0n) is 24.1. The van der Waals surface area contributed by atoms with Crippen molar-refractivity contribution in [1.82, 2.24) is 0 Å². The van der Waals surface area contributed by atoms with Crippen molar-refractivity contribution >= 4 is 92.3 Å². The van der Waals surface area contributed by atoms with Gasteiger partial charge in [0.2, 0.25) is 11.8 Å². The van der Waals surface area contributed by atoms with Gasteiger partial charge in [0.15, 0.2) is 0 Å². The van der Waals surface area contributed by atoms with E-state index >= 15 is 0 Å². The van der Waals surface area contributed by atoms with Crippen molar-refractivity contribution in [2.75, 3.05) is 20.4 Å². The van der Waals surface area contributed by atoms with Crippen molar-refractivity contribution in [3.05, 3.63) is 142 Å². The fraction of sp³-hybridized carbons (Fsp3) is 0.111. The molecule has 2 aliphatic rings. The van der Waals surface area contributed by atoms with Crippen molar-refractivity contribution in [1.29, 1.82) is 0 Å². The third-order valence-corrected chi connectivity index (χ3v) is 9.51. The topological polar surface area (TPSA) is 64.7 Å². The average molecular weight is 688 g/mol. The number of nitrogens with one attached hydrogen (secondary N) is 2. The second-order valence-corrected chi connectivity index (χ2v) is 13.0. The molecule has 230 valence electrons. The number of nitrogens with zero attached hydrogens (tertiary/aromatic N) is 2. The Hall–Kier alpha value is -4.20. The van der Waals surface area contributed by atoms with Gasteiger partial charge in [-0.1, -0.05) is 47.5 Å². The van der Waals surface area contributed by atoms with E-state index in [0.717, 1.165) is 45.3 Å². The number of carbonyl (C=O) groups excluding carboxylic acids is 2. The summed E-state index contributed by atoms with van der Waals surface area (Å²) >= 11 is 25.1. The van der Waals surface area contributed by atoms with Gasteiger partial charge in [-0.05, 0) is 108 Å². The van der Waals surface area contributed by atoms with Gasteiger partial charge in [0.1, 0.15) is 10.8 Å². The Labute approximate surface area is 286 Å². The van der Waals surface area contributed by atoms with Gasteiger partial charge >= 0.3 is 0 Å². The number of alkyl halides is 2. The minimum absolute atomic E-state index is 0.134. The molecule has 5 aromatic rings. The van der Waals surface area contributed by atoms with E-state index in [9.17, 15) is 9.59 Å². The number of carbonyl (C=O) groups is 2. The lowest BCUT2D eigenvalue weighted by Gasteiger charge is -2.44. The molecule has 6 nitrogen and oxygen atoms in total. The Bertz CT molecular complexity index is 1780. The van der Waals surface area contributed by atoms with E-state index in [1.165, 1.54) is 0 Å². The Morgan fingerprint density at radius 2 is 0.804 bits per heavy atom. The molecule has 7 rings (SSSR count). The number of halogens is 4. The maximum Gasteiger partial charge on any atom is 0.248 e. The molecule has 10 heteroatoms. The van der Waals surface area contributed by atoms with Gasteiger partial charge in [0.25, 0.3) is 0 Å². The molecule has 2 fully saturated rings. The van der Waals surface area contributed by atoms with E-state index in [2.05, 4.69) is 10.6 Å². The van der Waals surface area contributed by atoms with Crippen molar-refractivity contribution in [2.24, 2.45) is 0 Å². The van der Waals surface area contributed by atoms with Crippen LogP contribution in [0.5, 0.6) is 0 Å². The van der Waals surface area contributed by atoms with Gasteiger partial charge in [-0.2, -0.15) is 0 Å². The number of hydrogen-bond donors (Lipinski definition) is 2. The number of β-lactam (4-membered cyclic amide) rings is 2. The minimum Gasteiger partial charge on any atom is -0.356 e. The summed E-state index contributed by atoms with van der Waals surface area (Å²) in [5.41, 5.74) is 6.91. The van der Waals surface area contributed by atoms with Crippen LogP contribution in [0, 0.1) is 0 Å². The molecule has 0 bridgehead atoms. The molecule has 4 atom stereocenters. The number of hydrogen-bond acceptors (Lipinski definition) is 4. The Morgan fingerprint density at radius 3 is 1.13 bits per heavy atom. The van der Waals surface area contributed by atoms with E-state index < -0.39 is 10.8 Å². The molecule has 0 spiro atoms. The monoisotopic (exact) mass is 686 g/mol. The fourth-order valence-corrected chi connectivity index (χ4v) is 7.01. The first kappa shape index (κ1) is 30.5. The fourth-order valence-electron chi connectivity index (χ4n) is 5.88. The van der Waals surface area contributed by atoms with E-state index in [0.29, 0.717) is 10.0 Å². The molecule has 2 saturated heterocycles. The predicted octanol–water partition coefficient (Wildman–Crippen LogP) is 9.87. The molecule has 46 heavy (non-hydrogen) atoms. The lowest BCUT2D eigenvalue weighted by atomic mass is 9.92. The van der Waals surface area contributed by atoms with E-state index in [-0.39, 0.29) is 23.9 Å². The van der Waals surface area contributed by atoms with Crippen LogP contribution in [-0.4, -0.2) is 22.6 Å². The first-order valence-electron chi connectivity index (χ1n) is 14.6. The van der Waals surface area contributed by atoms with Gasteiger partial charge in [-0.3, -0.25) is 9.59 Å². The second kappa shape index (κ2) is 12.5. The normalized spacial score (nSPS) is 20.6. The number of anilines is 6. The van der Waals surface area contributed by atoms with Crippen LogP contribution in [0.2, 0.25) is 10.0 Å². The highest BCUT2D eigenvalue weighted by Gasteiger charge is 2.48. The summed E-state index contributed by atoms with van der Waals surface area (Å²) in [5.74, 6) is -0.269. The standard InChI is InChI=1S/C36H26Cl4N4O2/c37-23-5-1-3-21(19-23)33-31(39)35(45)43(33)29-15-11-27(12-16-29)41-25-7-9-26(10-8-25)42-28-13-17-30(18-14-28)44-34(32(40)36(44)46)22-4-2-6-24(38)20-22/h1-20,31-34,41-42H. The van der Waals surface area contributed by atoms with Crippen LogP contribution in [-0.2, 0) is 9.59 Å². The van der Waals surface area contributed by atoms with E-state index in [1.54, 1.807) is 21.9 Å². The summed E-state index contributed by atoms with van der Waals surface area (Å²) in [6, 6.07) is 37.5. The van der Waals surface area contributed by atoms with Gasteiger partial charge < -0.3 is 20.4 Å². The highest BCUT2D eigenvalue weighted by molar-refractivity contribution is 6.38. The van der Waals surface area contributed by atoms with Gasteiger partial charge in [0.05, 0.1) is 12.1 Å². The molecular formula is C36H26Cl4N4O2. The molecular weight excluding hydrogens is 662 g/mol. The second-order valence-electron chi connectivity index (χ2n) is 11.1. The van der Waals surface area contributed by atoms with Crippen LogP contribution in [0.25, 0.3) is 0 Å². The van der Waals surface area contributed by atoms with Crippen LogP contribution >= 0.6 is 46.4 Å². The third-order valence-electron chi connectivity index (χ3n) is 8.19. The summed E-state index contributed by atoms with van der Waals surface area (Å²) in [6.07, 6.45) is 0. The number of benzene rings is 5. The lowest BCUT2D eigenvalue weighted by molar-refractivity contribution is -0.124. The number of rotatable bonds is 8. The molecule has 2 aliphatic heterocycles. The third kappa shape index (κ3) is 5.78. The lowest BCUT2D eigenvalue weighted by Crippen LogP contribution is -2.56. The van der Waals surface area contributed by atoms with E-state index in [4.69, 9.17) is 46.4 Å². The summed E-state index contributed by atoms with van der Waals surface area (Å²) in [4.78, 5) is 28.7. The molecule has 0 aromatic heterocycles. The average Bonchev–Trinajstić information content (AvgIpc) is 3.07. The zero-order chi connectivity index (χ0) is 31.9. The maximum absolute atomic E-state index is 12.6. The first-order chi connectivity index (χ1) is 22.3. The summed E-state index contributed by atoms with van der Waals surface area (Å²) in [7, 11) is 0. The minimum atomic E-state index is -0.628. The van der Waals surface area contributed by atoms with Crippen LogP contribution < -0.4 is 20.4 Å². The van der Waals surface area contributed by atoms with Crippen LogP contribution in [0.4, 0.5) is 34.1 Å². The summed E-state index contributed by atoms with van der Waals surface area (Å²) < 4.78 is 0. The summed E-state index contributed by atoms with van der Waals surface area (Å²) in [6.45, 7) is 0. The Kier molecular flexibility index (Phi) is 8.30. The van der Waals surface area contributed by atoms with Crippen molar-refractivity contribution in [3.63, 3.8) is 0 Å². The van der Waals surface area contributed by atoms with Gasteiger partial charge in [-0.25, -0.2) is 0 Å². The van der Waals surface area contributed by atoms with Crippen molar-refractivity contribution in [3.8, 4) is 0 Å². The summed E-state index contributed by atoms with van der Waals surface area (Å²) in [5, 5.41) is 6.75. The van der Waals surface area contributed by atoms with Crippen molar-refractivity contribution < 1.29 is 9.59 Å². The molecule has 0 aliphatic carbocycles. The van der Waals surface area contributed by atoms with Crippen LogP contribution in [0.15, 0.2) is 121 Å². The Morgan fingerprint density at radius 1 is 0.478 bits per heavy atom. The first-order valence-corrected chi connectivity index (χ1v) is 16.2. The van der Waals surface area contributed by atoms with E-state index in [1.807, 2.05) is 109 Å². The smallest absolute Gasteiger partial charge is 0.248 e. The number of amides is 2. The molecule has 0 saturated carbocycles. The molecule has 2 N–H and O–H groups in total. The predicted molar refractivity (Wildman–Crippen MR) is 189 cm³/mol. The molecule has 5 aromatic carbocycles. The van der Waals surface area contributed by atoms with Gasteiger partial charge in [0, 0.05) is 44.2 Å². The quantitative estimate of drug-likeness (QED) is 0.126. The Balaban J connectivity index is 0.978. The highest BCUT2D eigenvalue weighted by atomic mass is 35.5. The van der Waals surface area contributed by atoms with Crippen molar-refractivity contribution in [2.45, 2.75) is 22.8 Å². The maximum atomic E-state index is 12.6. The van der Waals surface area contributed by atoms with Crippen LogP contribution in [0.1, 0.15) is 23.2 Å². The SMILES string of the molecule is O=C1C(Cl)C(c2cccc(Cl)c2)N1c1ccc(Nc2ccc(Nc3ccc(N4C(=O)C(Cl)C4c4cccc(Cl)c4)cc3)cc2)cc1. The van der Waals surface area contributed by atoms with Gasteiger partial charge in [-0.15, -0.1) is 23.2 Å².